The van der Waals surface area contributed by atoms with Crippen LogP contribution in [-0.2, 0) is 5.88 Å². The summed E-state index contributed by atoms with van der Waals surface area (Å²) in [7, 11) is 0. The van der Waals surface area contributed by atoms with E-state index < -0.39 is 0 Å². The molecule has 1 aromatic heterocycles. The van der Waals surface area contributed by atoms with E-state index in [0.717, 1.165) is 17.0 Å². The summed E-state index contributed by atoms with van der Waals surface area (Å²) in [5, 5.41) is 0. The van der Waals surface area contributed by atoms with Crippen molar-refractivity contribution in [2.75, 3.05) is 0 Å². The highest BCUT2D eigenvalue weighted by Crippen LogP contribution is 2.22. The second-order valence-corrected chi connectivity index (χ2v) is 3.79. The van der Waals surface area contributed by atoms with E-state index in [1.54, 1.807) is 0 Å². The summed E-state index contributed by atoms with van der Waals surface area (Å²) in [6.07, 6.45) is 0. The fourth-order valence-corrected chi connectivity index (χ4v) is 1.62. The van der Waals surface area contributed by atoms with Gasteiger partial charge in [0.25, 0.3) is 0 Å². The van der Waals surface area contributed by atoms with Crippen LogP contribution in [-0.4, -0.2) is 4.98 Å². The Morgan fingerprint density at radius 1 is 1.20 bits per heavy atom. The van der Waals surface area contributed by atoms with E-state index >= 15 is 0 Å². The summed E-state index contributed by atoms with van der Waals surface area (Å²) in [5.74, 6) is 1.82. The molecular weight excluding hydrogens is 210 g/mol. The Labute approximate surface area is 93.9 Å². The number of aryl methyl sites for hydroxylation is 2. The van der Waals surface area contributed by atoms with Crippen LogP contribution in [0.4, 0.5) is 0 Å². The number of rotatable bonds is 2. The first-order valence-electron chi connectivity index (χ1n) is 4.80. The SMILES string of the molecule is Cc1ccc(-c2nc(CCl)c(C)o2)cc1. The van der Waals surface area contributed by atoms with Crippen LogP contribution in [0.3, 0.4) is 0 Å². The molecule has 15 heavy (non-hydrogen) atoms. The second-order valence-electron chi connectivity index (χ2n) is 3.52. The summed E-state index contributed by atoms with van der Waals surface area (Å²) in [4.78, 5) is 4.33. The van der Waals surface area contributed by atoms with Gasteiger partial charge in [0.1, 0.15) is 5.76 Å². The van der Waals surface area contributed by atoms with Gasteiger partial charge in [-0.25, -0.2) is 4.98 Å². The van der Waals surface area contributed by atoms with E-state index in [0.29, 0.717) is 11.8 Å². The molecule has 0 spiro atoms. The summed E-state index contributed by atoms with van der Waals surface area (Å²) in [6.45, 7) is 3.93. The first-order chi connectivity index (χ1) is 7.20. The largest absolute Gasteiger partial charge is 0.441 e. The molecular formula is C12H12ClNO. The maximum atomic E-state index is 5.74. The molecule has 0 aliphatic rings. The predicted molar refractivity (Wildman–Crippen MR) is 61.0 cm³/mol. The molecule has 2 rings (SSSR count). The fourth-order valence-electron chi connectivity index (χ4n) is 1.37. The lowest BCUT2D eigenvalue weighted by molar-refractivity contribution is 0.540. The van der Waals surface area contributed by atoms with Gasteiger partial charge >= 0.3 is 0 Å². The minimum absolute atomic E-state index is 0.390. The molecule has 0 bridgehead atoms. The van der Waals surface area contributed by atoms with Gasteiger partial charge in [-0.1, -0.05) is 17.7 Å². The molecule has 0 saturated heterocycles. The molecule has 0 fully saturated rings. The van der Waals surface area contributed by atoms with Crippen molar-refractivity contribution < 1.29 is 4.42 Å². The van der Waals surface area contributed by atoms with Crippen LogP contribution >= 0.6 is 11.6 Å². The Kier molecular flexibility index (Phi) is 2.78. The average Bonchev–Trinajstić information content (AvgIpc) is 2.61. The Bertz CT molecular complexity index is 459. The van der Waals surface area contributed by atoms with Crippen molar-refractivity contribution in [2.45, 2.75) is 19.7 Å². The van der Waals surface area contributed by atoms with Crippen molar-refractivity contribution in [1.29, 1.82) is 0 Å². The van der Waals surface area contributed by atoms with Gasteiger partial charge < -0.3 is 4.42 Å². The van der Waals surface area contributed by atoms with E-state index in [-0.39, 0.29) is 0 Å². The molecule has 0 radical (unpaired) electrons. The second kappa shape index (κ2) is 4.07. The number of aromatic nitrogens is 1. The zero-order chi connectivity index (χ0) is 10.8. The van der Waals surface area contributed by atoms with Crippen molar-refractivity contribution in [3.05, 3.63) is 41.3 Å². The van der Waals surface area contributed by atoms with Crippen molar-refractivity contribution in [3.8, 4) is 11.5 Å². The number of alkyl halides is 1. The van der Waals surface area contributed by atoms with E-state index in [1.807, 2.05) is 31.2 Å². The number of halogens is 1. The van der Waals surface area contributed by atoms with Crippen LogP contribution in [0.25, 0.3) is 11.5 Å². The molecule has 0 atom stereocenters. The minimum atomic E-state index is 0.390. The Hall–Kier alpha value is -1.28. The molecule has 1 aromatic carbocycles. The zero-order valence-corrected chi connectivity index (χ0v) is 9.51. The van der Waals surface area contributed by atoms with Crippen molar-refractivity contribution in [1.82, 2.24) is 4.98 Å². The average molecular weight is 222 g/mol. The molecule has 1 heterocycles. The quantitative estimate of drug-likeness (QED) is 0.723. The molecule has 2 aromatic rings. The first-order valence-corrected chi connectivity index (χ1v) is 5.33. The molecule has 0 amide bonds. The normalized spacial score (nSPS) is 10.6. The predicted octanol–water partition coefficient (Wildman–Crippen LogP) is 3.70. The zero-order valence-electron chi connectivity index (χ0n) is 8.75. The van der Waals surface area contributed by atoms with Crippen molar-refractivity contribution >= 4 is 11.6 Å². The summed E-state index contributed by atoms with van der Waals surface area (Å²) >= 11 is 5.74. The van der Waals surface area contributed by atoms with E-state index in [1.165, 1.54) is 5.56 Å². The maximum Gasteiger partial charge on any atom is 0.226 e. The fraction of sp³-hybridized carbons (Fsp3) is 0.250. The lowest BCUT2D eigenvalue weighted by atomic mass is 10.1. The van der Waals surface area contributed by atoms with Crippen molar-refractivity contribution in [3.63, 3.8) is 0 Å². The monoisotopic (exact) mass is 221 g/mol. The Balaban J connectivity index is 2.41. The van der Waals surface area contributed by atoms with E-state index in [9.17, 15) is 0 Å². The van der Waals surface area contributed by atoms with E-state index in [4.69, 9.17) is 16.0 Å². The Morgan fingerprint density at radius 3 is 2.40 bits per heavy atom. The molecule has 0 aliphatic carbocycles. The van der Waals surface area contributed by atoms with Gasteiger partial charge in [0, 0.05) is 5.56 Å². The topological polar surface area (TPSA) is 26.0 Å². The standard InChI is InChI=1S/C12H12ClNO/c1-8-3-5-10(6-4-8)12-14-11(7-13)9(2)15-12/h3-6H,7H2,1-2H3. The third kappa shape index (κ3) is 2.05. The van der Waals surface area contributed by atoms with Crippen LogP contribution in [0.2, 0.25) is 0 Å². The van der Waals surface area contributed by atoms with Crippen molar-refractivity contribution in [2.24, 2.45) is 0 Å². The van der Waals surface area contributed by atoms with Crippen LogP contribution < -0.4 is 0 Å². The van der Waals surface area contributed by atoms with Gasteiger partial charge in [0.05, 0.1) is 11.6 Å². The van der Waals surface area contributed by atoms with Crippen LogP contribution in [0.1, 0.15) is 17.0 Å². The number of hydrogen-bond donors (Lipinski definition) is 0. The maximum absolute atomic E-state index is 5.74. The van der Waals surface area contributed by atoms with Gasteiger partial charge in [0.2, 0.25) is 5.89 Å². The summed E-state index contributed by atoms with van der Waals surface area (Å²) in [6, 6.07) is 8.07. The summed E-state index contributed by atoms with van der Waals surface area (Å²) < 4.78 is 5.54. The van der Waals surface area contributed by atoms with Gasteiger partial charge in [-0.15, -0.1) is 11.6 Å². The lowest BCUT2D eigenvalue weighted by Crippen LogP contribution is -1.81. The van der Waals surface area contributed by atoms with Crippen LogP contribution in [0.15, 0.2) is 28.7 Å². The number of oxazole rings is 1. The molecule has 3 heteroatoms. The number of benzene rings is 1. The molecule has 78 valence electrons. The third-order valence-electron chi connectivity index (χ3n) is 2.32. The van der Waals surface area contributed by atoms with Gasteiger partial charge in [-0.05, 0) is 26.0 Å². The first kappa shape index (κ1) is 10.2. The highest BCUT2D eigenvalue weighted by molar-refractivity contribution is 6.16. The summed E-state index contributed by atoms with van der Waals surface area (Å²) in [5.41, 5.74) is 3.02. The van der Waals surface area contributed by atoms with Gasteiger partial charge in [-0.3, -0.25) is 0 Å². The Morgan fingerprint density at radius 2 is 1.87 bits per heavy atom. The van der Waals surface area contributed by atoms with E-state index in [2.05, 4.69) is 11.9 Å². The third-order valence-corrected chi connectivity index (χ3v) is 2.57. The number of hydrogen-bond acceptors (Lipinski definition) is 2. The molecule has 0 saturated carbocycles. The lowest BCUT2D eigenvalue weighted by Gasteiger charge is -1.95. The van der Waals surface area contributed by atoms with Gasteiger partial charge in [0.15, 0.2) is 0 Å². The smallest absolute Gasteiger partial charge is 0.226 e. The molecule has 0 N–H and O–H groups in total. The number of nitrogens with zero attached hydrogens (tertiary/aromatic N) is 1. The van der Waals surface area contributed by atoms with Gasteiger partial charge in [-0.2, -0.15) is 0 Å². The highest BCUT2D eigenvalue weighted by atomic mass is 35.5. The van der Waals surface area contributed by atoms with Crippen LogP contribution in [0, 0.1) is 13.8 Å². The molecule has 0 unspecified atom stereocenters. The molecule has 2 nitrogen and oxygen atoms in total. The van der Waals surface area contributed by atoms with Crippen LogP contribution in [0.5, 0.6) is 0 Å². The minimum Gasteiger partial charge on any atom is -0.441 e. The highest BCUT2D eigenvalue weighted by Gasteiger charge is 2.09. The molecule has 0 aliphatic heterocycles.